The molecule has 1 aliphatic carbocycles. The Hall–Kier alpha value is -7.98. The summed E-state index contributed by atoms with van der Waals surface area (Å²) >= 11 is 1.86. The average molecular weight is 834 g/mol. The number of benzene rings is 10. The molecular weight excluding hydrogens is 795 g/mol. The Morgan fingerprint density at radius 2 is 0.922 bits per heavy atom. The van der Waals surface area contributed by atoms with Crippen LogP contribution in [-0.2, 0) is 5.41 Å². The van der Waals surface area contributed by atoms with E-state index in [1.807, 2.05) is 17.4 Å². The first-order valence-corrected chi connectivity index (χ1v) is 22.7. The lowest BCUT2D eigenvalue weighted by Gasteiger charge is -2.34. The fourth-order valence-corrected chi connectivity index (χ4v) is 11.6. The highest BCUT2D eigenvalue weighted by atomic mass is 32.1. The van der Waals surface area contributed by atoms with E-state index < -0.39 is 5.41 Å². The molecule has 0 radical (unpaired) electrons. The van der Waals surface area contributed by atoms with Gasteiger partial charge in [0.15, 0.2) is 5.58 Å². The Balaban J connectivity index is 0.976. The van der Waals surface area contributed by atoms with Crippen LogP contribution in [0.1, 0.15) is 22.3 Å². The molecule has 0 fully saturated rings. The van der Waals surface area contributed by atoms with E-state index in [-0.39, 0.29) is 0 Å². The highest BCUT2D eigenvalue weighted by Gasteiger charge is 2.47. The van der Waals surface area contributed by atoms with E-state index in [9.17, 15) is 0 Å². The summed E-state index contributed by atoms with van der Waals surface area (Å²) < 4.78 is 9.47. The molecule has 3 heteroatoms. The van der Waals surface area contributed by atoms with Crippen LogP contribution in [0.3, 0.4) is 0 Å². The maximum Gasteiger partial charge on any atom is 0.159 e. The van der Waals surface area contributed by atoms with Gasteiger partial charge in [-0.2, -0.15) is 0 Å². The van der Waals surface area contributed by atoms with E-state index in [0.717, 1.165) is 44.6 Å². The van der Waals surface area contributed by atoms with Gasteiger partial charge in [0.05, 0.1) is 16.8 Å². The highest BCUT2D eigenvalue weighted by Crippen LogP contribution is 2.60. The molecule has 0 saturated carbocycles. The smallest absolute Gasteiger partial charge is 0.159 e. The predicted molar refractivity (Wildman–Crippen MR) is 269 cm³/mol. The number of hydrogen-bond acceptors (Lipinski definition) is 3. The van der Waals surface area contributed by atoms with Crippen LogP contribution in [-0.4, -0.2) is 0 Å². The SMILES string of the molecule is c1ccc(C2(c3ccccc3)c3ccccc3-c3c(N(c4ccc(-c5ccc(-c6ccc7sc8ccccc8c7c6)cc5)cc4)c4cccc5c4oc4ccccc45)cccc32)cc1. The first kappa shape index (κ1) is 36.7. The Bertz CT molecular complexity index is 3670. The number of anilines is 3. The van der Waals surface area contributed by atoms with Crippen molar-refractivity contribution < 1.29 is 4.42 Å². The second-order valence-corrected chi connectivity index (χ2v) is 17.8. The lowest BCUT2D eigenvalue weighted by Crippen LogP contribution is -2.28. The van der Waals surface area contributed by atoms with Gasteiger partial charge in [-0.25, -0.2) is 0 Å². The number of fused-ring (bicyclic) bond motifs is 9. The van der Waals surface area contributed by atoms with Gasteiger partial charge in [0.1, 0.15) is 5.58 Å². The van der Waals surface area contributed by atoms with E-state index in [0.29, 0.717) is 0 Å². The zero-order valence-electron chi connectivity index (χ0n) is 34.8. The van der Waals surface area contributed by atoms with E-state index in [1.54, 1.807) is 0 Å². The van der Waals surface area contributed by atoms with Gasteiger partial charge in [0.25, 0.3) is 0 Å². The second kappa shape index (κ2) is 14.6. The molecule has 0 N–H and O–H groups in total. The molecule has 0 unspecified atom stereocenters. The third-order valence-corrected chi connectivity index (χ3v) is 14.5. The van der Waals surface area contributed by atoms with Gasteiger partial charge in [0.2, 0.25) is 0 Å². The standard InChI is InChI=1S/C61H39NOS/c1-3-15-44(16-4-1)61(45-17-5-2-6-18-45)52-23-10-7-21-50(52)59-53(61)24-14-25-54(59)62(55-26-13-22-49-47-19-8-11-27-56(47)63-60(49)55)46-36-33-41(34-37-46)40-29-31-42(32-30-40)43-35-38-58-51(39-43)48-20-9-12-28-57(48)64-58/h1-39H. The van der Waals surface area contributed by atoms with Crippen LogP contribution in [0.25, 0.3) is 75.5 Å². The molecule has 1 aliphatic rings. The van der Waals surface area contributed by atoms with Crippen LogP contribution in [0.4, 0.5) is 17.1 Å². The van der Waals surface area contributed by atoms with Crippen LogP contribution in [0.5, 0.6) is 0 Å². The van der Waals surface area contributed by atoms with E-state index in [1.165, 1.54) is 70.2 Å². The van der Waals surface area contributed by atoms with Crippen LogP contribution in [0.2, 0.25) is 0 Å². The predicted octanol–water partition coefficient (Wildman–Crippen LogP) is 17.1. The number of hydrogen-bond donors (Lipinski definition) is 0. The highest BCUT2D eigenvalue weighted by molar-refractivity contribution is 7.25. The van der Waals surface area contributed by atoms with Crippen molar-refractivity contribution in [1.29, 1.82) is 0 Å². The van der Waals surface area contributed by atoms with Crippen molar-refractivity contribution in [2.75, 3.05) is 4.90 Å². The summed E-state index contributed by atoms with van der Waals surface area (Å²) in [5.41, 5.74) is 16.6. The van der Waals surface area contributed by atoms with Crippen LogP contribution < -0.4 is 4.90 Å². The number of rotatable bonds is 7. The number of thiophene rings is 1. The second-order valence-electron chi connectivity index (χ2n) is 16.7. The average Bonchev–Trinajstić information content (AvgIpc) is 4.04. The van der Waals surface area contributed by atoms with Gasteiger partial charge in [-0.15, -0.1) is 11.3 Å². The lowest BCUT2D eigenvalue weighted by molar-refractivity contribution is 0.669. The van der Waals surface area contributed by atoms with Crippen molar-refractivity contribution in [1.82, 2.24) is 0 Å². The third-order valence-electron chi connectivity index (χ3n) is 13.4. The molecule has 2 aromatic heterocycles. The van der Waals surface area contributed by atoms with Gasteiger partial charge >= 0.3 is 0 Å². The fourth-order valence-electron chi connectivity index (χ4n) is 10.5. The van der Waals surface area contributed by atoms with E-state index >= 15 is 0 Å². The van der Waals surface area contributed by atoms with Gasteiger partial charge in [-0.05, 0) is 98.6 Å². The molecule has 0 amide bonds. The maximum atomic E-state index is 6.82. The zero-order chi connectivity index (χ0) is 42.2. The Labute approximate surface area is 375 Å². The fraction of sp³-hybridized carbons (Fsp3) is 0.0164. The Morgan fingerprint density at radius 1 is 0.375 bits per heavy atom. The molecule has 0 bridgehead atoms. The maximum absolute atomic E-state index is 6.82. The summed E-state index contributed by atoms with van der Waals surface area (Å²) in [4.78, 5) is 2.42. The molecule has 0 spiro atoms. The topological polar surface area (TPSA) is 16.4 Å². The minimum atomic E-state index is -0.527. The third kappa shape index (κ3) is 5.51. The molecule has 12 aromatic rings. The summed E-state index contributed by atoms with van der Waals surface area (Å²) in [6, 6.07) is 86.4. The first-order valence-electron chi connectivity index (χ1n) is 21.9. The molecule has 0 aliphatic heterocycles. The summed E-state index contributed by atoms with van der Waals surface area (Å²) in [6.45, 7) is 0. The Morgan fingerprint density at radius 3 is 1.69 bits per heavy atom. The van der Waals surface area contributed by atoms with Gasteiger partial charge < -0.3 is 9.32 Å². The van der Waals surface area contributed by atoms with Crippen molar-refractivity contribution in [3.8, 4) is 33.4 Å². The summed E-state index contributed by atoms with van der Waals surface area (Å²) in [5, 5.41) is 4.84. The van der Waals surface area contributed by atoms with Crippen molar-refractivity contribution in [2.45, 2.75) is 5.41 Å². The first-order chi connectivity index (χ1) is 31.7. The van der Waals surface area contributed by atoms with Crippen molar-refractivity contribution in [3.05, 3.63) is 259 Å². The molecule has 10 aromatic carbocycles. The number of para-hydroxylation sites is 2. The molecular formula is C61H39NOS. The van der Waals surface area contributed by atoms with Crippen molar-refractivity contribution in [3.63, 3.8) is 0 Å². The molecule has 2 heterocycles. The van der Waals surface area contributed by atoms with Crippen molar-refractivity contribution in [2.24, 2.45) is 0 Å². The molecule has 13 rings (SSSR count). The molecule has 64 heavy (non-hydrogen) atoms. The largest absolute Gasteiger partial charge is 0.454 e. The quantitative estimate of drug-likeness (QED) is 0.159. The Kier molecular flexibility index (Phi) is 8.34. The van der Waals surface area contributed by atoms with Gasteiger partial charge in [-0.3, -0.25) is 0 Å². The van der Waals surface area contributed by atoms with E-state index in [4.69, 9.17) is 4.42 Å². The molecule has 2 nitrogen and oxygen atoms in total. The molecule has 0 saturated heterocycles. The monoisotopic (exact) mass is 833 g/mol. The van der Waals surface area contributed by atoms with Gasteiger partial charge in [-0.1, -0.05) is 188 Å². The van der Waals surface area contributed by atoms with Crippen LogP contribution in [0, 0.1) is 0 Å². The molecule has 300 valence electrons. The lowest BCUT2D eigenvalue weighted by atomic mass is 9.68. The molecule has 0 atom stereocenters. The summed E-state index contributed by atoms with van der Waals surface area (Å²) in [6.07, 6.45) is 0. The number of nitrogens with zero attached hydrogens (tertiary/aromatic N) is 1. The summed E-state index contributed by atoms with van der Waals surface area (Å²) in [7, 11) is 0. The van der Waals surface area contributed by atoms with Crippen molar-refractivity contribution >= 4 is 70.5 Å². The zero-order valence-corrected chi connectivity index (χ0v) is 35.6. The normalized spacial score (nSPS) is 12.8. The minimum Gasteiger partial charge on any atom is -0.454 e. The van der Waals surface area contributed by atoms with Crippen LogP contribution >= 0.6 is 11.3 Å². The van der Waals surface area contributed by atoms with Crippen LogP contribution in [0.15, 0.2) is 241 Å². The van der Waals surface area contributed by atoms with Gasteiger partial charge in [0, 0.05) is 42.2 Å². The van der Waals surface area contributed by atoms with E-state index in [2.05, 4.69) is 235 Å². The summed E-state index contributed by atoms with van der Waals surface area (Å²) in [5.74, 6) is 0. The number of furan rings is 1. The minimum absolute atomic E-state index is 0.527.